The van der Waals surface area contributed by atoms with Gasteiger partial charge in [0.15, 0.2) is 28.9 Å². The number of aromatic hydroxyl groups is 2. The first-order chi connectivity index (χ1) is 42.7. The third-order valence-electron chi connectivity index (χ3n) is 11.7. The summed E-state index contributed by atoms with van der Waals surface area (Å²) in [6, 6.07) is 47.9. The summed E-state index contributed by atoms with van der Waals surface area (Å²) in [5.74, 6) is -0.201. The van der Waals surface area contributed by atoms with Gasteiger partial charge < -0.3 is 39.3 Å². The van der Waals surface area contributed by atoms with Crippen LogP contribution in [0.5, 0.6) is 28.7 Å². The number of rotatable bonds is 11. The smallest absolute Gasteiger partial charge is 1.00 e. The largest absolute Gasteiger partial charge is 1.00 e. The predicted octanol–water partition coefficient (Wildman–Crippen LogP) is 15.0. The zero-order valence-corrected chi connectivity index (χ0v) is 65.8. The number of fused-ring (bicyclic) bond motifs is 2. The minimum absolute atomic E-state index is 0. The topological polar surface area (TPSA) is 239 Å². The molecule has 4 amide bonds. The molecule has 91 heavy (non-hydrogen) atoms. The molecule has 474 valence electrons. The number of imide groups is 2. The van der Waals surface area contributed by atoms with Crippen molar-refractivity contribution < 1.29 is 133 Å². The Morgan fingerprint density at radius 3 is 1.15 bits per heavy atom. The summed E-state index contributed by atoms with van der Waals surface area (Å²) in [5, 5.41) is 21.6. The van der Waals surface area contributed by atoms with Crippen molar-refractivity contribution in [1.82, 2.24) is 4.90 Å². The number of amides is 4. The molecule has 0 bridgehead atoms. The molecule has 16 nitrogen and oxygen atoms in total. The molecule has 0 saturated carbocycles. The zero-order chi connectivity index (χ0) is 67.4. The van der Waals surface area contributed by atoms with Crippen LogP contribution in [0.4, 0.5) is 0 Å². The average Bonchev–Trinajstić information content (AvgIpc) is 1.69. The van der Waals surface area contributed by atoms with Crippen molar-refractivity contribution >= 4 is 178 Å². The molecule has 0 unspecified atom stereocenters. The van der Waals surface area contributed by atoms with E-state index in [4.69, 9.17) is 19.3 Å². The summed E-state index contributed by atoms with van der Waals surface area (Å²) in [6.45, 7) is 4.18. The minimum Gasteiger partial charge on any atom is 1.00 e. The second-order valence-corrected chi connectivity index (χ2v) is 23.9. The van der Waals surface area contributed by atoms with Gasteiger partial charge in [-0.25, -0.2) is 0 Å². The number of alkyl halides is 1. The third kappa shape index (κ3) is 26.6. The van der Waals surface area contributed by atoms with Gasteiger partial charge in [-0.3, -0.25) is 38.5 Å². The zero-order valence-electron chi connectivity index (χ0n) is 49.1. The van der Waals surface area contributed by atoms with E-state index in [1.54, 1.807) is 149 Å². The first-order valence-electron chi connectivity index (χ1n) is 25.6. The molecule has 10 rings (SSSR count). The van der Waals surface area contributed by atoms with Crippen LogP contribution in [-0.4, -0.2) is 101 Å². The predicted molar refractivity (Wildman–Crippen MR) is 370 cm³/mol. The molecule has 8 aromatic rings. The van der Waals surface area contributed by atoms with E-state index in [9.17, 15) is 48.3 Å². The summed E-state index contributed by atoms with van der Waals surface area (Å²) < 4.78 is 20.5. The van der Waals surface area contributed by atoms with Gasteiger partial charge in [0.05, 0.1) is 78.4 Å². The molecule has 0 fully saturated rings. The van der Waals surface area contributed by atoms with Crippen LogP contribution in [0.1, 0.15) is 114 Å². The van der Waals surface area contributed by atoms with Gasteiger partial charge in [0.2, 0.25) is 0 Å². The van der Waals surface area contributed by atoms with Crippen molar-refractivity contribution in [1.29, 1.82) is 0 Å². The van der Waals surface area contributed by atoms with Crippen LogP contribution in [0.3, 0.4) is 0 Å². The Labute approximate surface area is 642 Å². The van der Waals surface area contributed by atoms with Crippen molar-refractivity contribution in [3.63, 3.8) is 0 Å². The van der Waals surface area contributed by atoms with Gasteiger partial charge in [-0.2, -0.15) is 0 Å². The number of Topliss-reactive ketones (excluding diaryl/α,β-unsaturated/α-hetero) is 5. The summed E-state index contributed by atoms with van der Waals surface area (Å²) in [4.78, 5) is 104. The molecule has 0 atom stereocenters. The Hall–Kier alpha value is -4.61. The Morgan fingerprint density at radius 2 is 0.802 bits per heavy atom. The van der Waals surface area contributed by atoms with Crippen molar-refractivity contribution in [2.24, 2.45) is 0 Å². The normalized spacial score (nSPS) is 10.8. The molecule has 2 aliphatic heterocycles. The van der Waals surface area contributed by atoms with Gasteiger partial charge >= 0.3 is 79.7 Å². The standard InChI is InChI=1S/C17H12BrNO4.C9H8Br2O2.C9H9BrO2.C8H7BrO2.C8H7BrO.C8H5NO2.C6H5BrO.BrH.Cu.K/c1-23-15-8-10(18)6-7-13(15)14(20)9-19-16(21)11-4-2-3-5-12(11)17(19)22;1-13-9-4-6(11)2-3-7(9)8(12)5-10;1-6(11)8-4-3-7(10)5-9(8)12-2;1-5(10)7-3-2-6(9)4-8(7)11;1-6(10)7-3-2-4-8(9)5-7;10-7-5-3-1-2-4-6(5)8(11)9-7;7-5-2-1-3-6(8)4-5;;;/h2-8H,9H2,1H3;2-4H,5H2,1H3;3-5H,1-2H3;2-4,11H,1H3;2-5H,1H3;1-4H,(H,9,10,11);1-4,8H;1H;;/q;;;;;;;;2*+1/p-2. The number of hydrogen-bond donors (Lipinski definition) is 2. The Kier molecular flexibility index (Phi) is 38.7. The van der Waals surface area contributed by atoms with E-state index in [1.807, 2.05) is 36.4 Å². The number of nitrogens with zero attached hydrogens (tertiary/aromatic N) is 2. The van der Waals surface area contributed by atoms with E-state index in [1.165, 1.54) is 27.0 Å². The van der Waals surface area contributed by atoms with Crippen LogP contribution in [0.25, 0.3) is 5.32 Å². The molecule has 0 aliphatic carbocycles. The average molecular weight is 1830 g/mol. The summed E-state index contributed by atoms with van der Waals surface area (Å²) in [5.41, 5.74) is 4.12. The first kappa shape index (κ1) is 82.5. The number of phenols is 2. The molecule has 0 saturated heterocycles. The molecule has 2 heterocycles. The molecular weight excluding hydrogens is 1770 g/mol. The number of ether oxygens (including phenoxy) is 3. The van der Waals surface area contributed by atoms with E-state index in [0.717, 1.165) is 37.3 Å². The SMILES string of the molecule is CC(=O)c1ccc(Br)cc1O.CC(=O)c1cccc(Br)c1.COc1cc(Br)ccc1C(=O)CBr.COc1cc(Br)ccc1C(=O)CN1C(=O)c2ccccc2C1=O.COc1cc(Br)ccc1C(C)=O.O=C1[N-]C(=O)c2ccccc21.Oc1cccc(Br)c1.[Cu][Br].[K+]. The second kappa shape index (κ2) is 42.7. The summed E-state index contributed by atoms with van der Waals surface area (Å²) >= 11 is 29.2. The van der Waals surface area contributed by atoms with E-state index in [0.29, 0.717) is 72.8 Å². The molecular formula is C65H52Br8CuKN2O14. The number of phenolic OH excluding ortho intramolecular Hbond substituents is 2. The molecule has 0 spiro atoms. The fourth-order valence-electron chi connectivity index (χ4n) is 7.49. The van der Waals surface area contributed by atoms with Crippen molar-refractivity contribution in [3.05, 3.63) is 252 Å². The van der Waals surface area contributed by atoms with Crippen molar-refractivity contribution in [2.45, 2.75) is 20.8 Å². The van der Waals surface area contributed by atoms with Crippen LogP contribution >= 0.6 is 126 Å². The Bertz CT molecular complexity index is 3830. The molecule has 2 aliphatic rings. The number of ketones is 5. The molecule has 0 radical (unpaired) electrons. The van der Waals surface area contributed by atoms with Gasteiger partial charge in [-0.15, -0.1) is 0 Å². The van der Waals surface area contributed by atoms with Crippen LogP contribution in [0, 0.1) is 0 Å². The van der Waals surface area contributed by atoms with Crippen molar-refractivity contribution in [3.8, 4) is 28.7 Å². The van der Waals surface area contributed by atoms with Gasteiger partial charge in [-0.05, 0) is 136 Å². The maximum absolute atomic E-state index is 12.5. The number of carbonyl (C=O) groups excluding carboxylic acids is 9. The minimum atomic E-state index is -0.449. The number of benzene rings is 8. The molecule has 8 aromatic carbocycles. The fourth-order valence-corrected chi connectivity index (χ4v) is 9.94. The summed E-state index contributed by atoms with van der Waals surface area (Å²) in [6.07, 6.45) is 0. The fraction of sp³-hybridized carbons (Fsp3) is 0.123. The van der Waals surface area contributed by atoms with E-state index >= 15 is 0 Å². The molecule has 0 aromatic heterocycles. The van der Waals surface area contributed by atoms with Gasteiger partial charge in [0.25, 0.3) is 11.8 Å². The van der Waals surface area contributed by atoms with Crippen LogP contribution in [-0.2, 0) is 14.2 Å². The number of halogens is 8. The maximum atomic E-state index is 12.5. The Morgan fingerprint density at radius 1 is 0.440 bits per heavy atom. The van der Waals surface area contributed by atoms with Crippen LogP contribution < -0.4 is 65.6 Å². The summed E-state index contributed by atoms with van der Waals surface area (Å²) in [7, 11) is 4.56. The van der Waals surface area contributed by atoms with Crippen LogP contribution in [0.2, 0.25) is 0 Å². The first-order valence-corrected chi connectivity index (χ1v) is 33.8. The monoisotopic (exact) mass is 1820 g/mol. The van der Waals surface area contributed by atoms with Gasteiger partial charge in [0, 0.05) is 43.5 Å². The molecule has 2 N–H and O–H groups in total. The van der Waals surface area contributed by atoms with E-state index < -0.39 is 23.6 Å². The third-order valence-corrected chi connectivity index (χ3v) is 15.2. The van der Waals surface area contributed by atoms with Gasteiger partial charge in [0.1, 0.15) is 28.7 Å². The molecule has 26 heteroatoms. The Balaban J connectivity index is 0.000000369. The van der Waals surface area contributed by atoms with E-state index in [2.05, 4.69) is 145 Å². The van der Waals surface area contributed by atoms with E-state index in [-0.39, 0.29) is 92.6 Å². The van der Waals surface area contributed by atoms with Gasteiger partial charge in [-0.1, -0.05) is 166 Å². The quantitative estimate of drug-likeness (QED) is 0.0530. The number of carbonyl (C=O) groups is 9. The number of hydrogen-bond acceptors (Lipinski definition) is 14. The maximum Gasteiger partial charge on any atom is 1.00 e. The second-order valence-electron chi connectivity index (χ2n) is 17.8. The van der Waals surface area contributed by atoms with Crippen LogP contribution in [0.15, 0.2) is 197 Å². The van der Waals surface area contributed by atoms with Crippen molar-refractivity contribution in [2.75, 3.05) is 33.2 Å². The number of methoxy groups -OCH3 is 3.